The fourth-order valence-electron chi connectivity index (χ4n) is 6.01. The number of carbonyl (C=O) groups excluding carboxylic acids is 1. The van der Waals surface area contributed by atoms with E-state index in [2.05, 4.69) is 9.88 Å². The number of rotatable bonds is 6. The van der Waals surface area contributed by atoms with Crippen LogP contribution in [0.1, 0.15) is 42.7 Å². The Labute approximate surface area is 214 Å². The molecular formula is C29H32F3N3O2. The third-order valence-electron chi connectivity index (χ3n) is 8.00. The minimum atomic E-state index is -0.678. The second-order valence-electron chi connectivity index (χ2n) is 10.2. The molecule has 0 saturated carbocycles. The van der Waals surface area contributed by atoms with Gasteiger partial charge in [-0.25, -0.2) is 13.2 Å². The second kappa shape index (κ2) is 11.1. The van der Waals surface area contributed by atoms with Gasteiger partial charge in [0.15, 0.2) is 0 Å². The summed E-state index contributed by atoms with van der Waals surface area (Å²) in [7, 11) is 0. The molecule has 0 bridgehead atoms. The summed E-state index contributed by atoms with van der Waals surface area (Å²) in [4.78, 5) is 20.0. The standard InChI is InChI=1S/C29H32F3N3O2/c30-22-2-3-27-25(16-22)26(17-33-27)20-5-9-34(10-6-20)28(18-36)21-7-11-35(12-8-21)29(37)4-1-19-13-23(31)15-24(32)14-19/h1-4,13-17,20-21,28,33,36H,5-12,18H2/b4-1+. The number of piperidine rings is 2. The summed E-state index contributed by atoms with van der Waals surface area (Å²) < 4.78 is 40.6. The van der Waals surface area contributed by atoms with Gasteiger partial charge in [-0.15, -0.1) is 0 Å². The van der Waals surface area contributed by atoms with Gasteiger partial charge < -0.3 is 15.0 Å². The van der Waals surface area contributed by atoms with E-state index in [1.165, 1.54) is 30.4 Å². The molecule has 2 aliphatic rings. The summed E-state index contributed by atoms with van der Waals surface area (Å²) in [5.41, 5.74) is 2.42. The highest BCUT2D eigenvalue weighted by molar-refractivity contribution is 5.91. The van der Waals surface area contributed by atoms with Crippen LogP contribution in [0.2, 0.25) is 0 Å². The van der Waals surface area contributed by atoms with E-state index in [1.807, 2.05) is 6.20 Å². The van der Waals surface area contributed by atoms with E-state index in [-0.39, 0.29) is 30.3 Å². The van der Waals surface area contributed by atoms with Gasteiger partial charge in [0.2, 0.25) is 5.91 Å². The highest BCUT2D eigenvalue weighted by atomic mass is 19.1. The van der Waals surface area contributed by atoms with Crippen LogP contribution in [0.4, 0.5) is 13.2 Å². The molecule has 1 aromatic heterocycles. The van der Waals surface area contributed by atoms with Gasteiger partial charge in [0.05, 0.1) is 6.61 Å². The maximum atomic E-state index is 13.8. The average Bonchev–Trinajstić information content (AvgIpc) is 3.31. The normalized spacial score (nSPS) is 19.2. The summed E-state index contributed by atoms with van der Waals surface area (Å²) in [5.74, 6) is -1.13. The van der Waals surface area contributed by atoms with Crippen LogP contribution in [0.5, 0.6) is 0 Å². The number of hydrogen-bond acceptors (Lipinski definition) is 3. The Hall–Kier alpha value is -3.10. The minimum absolute atomic E-state index is 0.0458. The molecule has 2 aromatic carbocycles. The number of nitrogens with zero attached hydrogens (tertiary/aromatic N) is 2. The van der Waals surface area contributed by atoms with Crippen molar-refractivity contribution in [3.8, 4) is 0 Å². The van der Waals surface area contributed by atoms with Crippen LogP contribution in [0, 0.1) is 23.4 Å². The van der Waals surface area contributed by atoms with Gasteiger partial charge in [0, 0.05) is 48.4 Å². The van der Waals surface area contributed by atoms with Gasteiger partial charge in [0.1, 0.15) is 17.5 Å². The van der Waals surface area contributed by atoms with Crippen LogP contribution in [-0.2, 0) is 4.79 Å². The molecule has 8 heteroatoms. The molecule has 3 aromatic rings. The Bertz CT molecular complexity index is 1250. The molecule has 2 N–H and O–H groups in total. The van der Waals surface area contributed by atoms with E-state index in [0.717, 1.165) is 61.3 Å². The Kier molecular flexibility index (Phi) is 7.67. The molecule has 2 aliphatic heterocycles. The molecule has 2 saturated heterocycles. The molecular weight excluding hydrogens is 479 g/mol. The molecule has 2 fully saturated rings. The van der Waals surface area contributed by atoms with Gasteiger partial charge in [-0.05, 0) is 98.1 Å². The maximum Gasteiger partial charge on any atom is 0.246 e. The number of carbonyl (C=O) groups is 1. The fourth-order valence-corrected chi connectivity index (χ4v) is 6.01. The van der Waals surface area contributed by atoms with Gasteiger partial charge in [-0.3, -0.25) is 9.69 Å². The van der Waals surface area contributed by atoms with Crippen molar-refractivity contribution < 1.29 is 23.1 Å². The van der Waals surface area contributed by atoms with Gasteiger partial charge in [-0.1, -0.05) is 0 Å². The summed E-state index contributed by atoms with van der Waals surface area (Å²) >= 11 is 0. The number of benzene rings is 2. The Morgan fingerprint density at radius 1 is 0.973 bits per heavy atom. The number of likely N-dealkylation sites (tertiary alicyclic amines) is 2. The molecule has 3 heterocycles. The fraction of sp³-hybridized carbons (Fsp3) is 0.414. The van der Waals surface area contributed by atoms with Crippen LogP contribution in [0.25, 0.3) is 17.0 Å². The zero-order valence-corrected chi connectivity index (χ0v) is 20.7. The van der Waals surface area contributed by atoms with Crippen molar-refractivity contribution >= 4 is 22.9 Å². The lowest BCUT2D eigenvalue weighted by Crippen LogP contribution is -2.50. The summed E-state index contributed by atoms with van der Waals surface area (Å²) in [5, 5.41) is 11.2. The third kappa shape index (κ3) is 5.75. The molecule has 5 nitrogen and oxygen atoms in total. The number of amides is 1. The topological polar surface area (TPSA) is 59.6 Å². The van der Waals surface area contributed by atoms with Crippen molar-refractivity contribution in [3.05, 3.63) is 77.2 Å². The lowest BCUT2D eigenvalue weighted by molar-refractivity contribution is -0.127. The van der Waals surface area contributed by atoms with Gasteiger partial charge in [0.25, 0.3) is 0 Å². The highest BCUT2D eigenvalue weighted by Gasteiger charge is 2.34. The first kappa shape index (κ1) is 25.5. The second-order valence-corrected chi connectivity index (χ2v) is 10.2. The maximum absolute atomic E-state index is 13.8. The molecule has 0 radical (unpaired) electrons. The molecule has 1 atom stereocenters. The molecule has 0 aliphatic carbocycles. The Balaban J connectivity index is 1.14. The SMILES string of the molecule is O=C(/C=C/c1cc(F)cc(F)c1)N1CCC(C(CO)N2CCC(c3c[nH]c4ccc(F)cc34)CC2)CC1. The van der Waals surface area contributed by atoms with Crippen LogP contribution in [-0.4, -0.2) is 64.6 Å². The molecule has 196 valence electrons. The van der Waals surface area contributed by atoms with Crippen LogP contribution in [0.3, 0.4) is 0 Å². The average molecular weight is 512 g/mol. The number of halogens is 3. The number of aromatic nitrogens is 1. The van der Waals surface area contributed by atoms with Gasteiger partial charge in [-0.2, -0.15) is 0 Å². The van der Waals surface area contributed by atoms with E-state index in [1.54, 1.807) is 17.0 Å². The van der Waals surface area contributed by atoms with E-state index in [0.29, 0.717) is 24.6 Å². The summed E-state index contributed by atoms with van der Waals surface area (Å²) in [6.45, 7) is 2.97. The smallest absolute Gasteiger partial charge is 0.246 e. The number of aromatic amines is 1. The van der Waals surface area contributed by atoms with Crippen LogP contribution in [0.15, 0.2) is 48.7 Å². The first-order valence-corrected chi connectivity index (χ1v) is 13.0. The Morgan fingerprint density at radius 3 is 2.35 bits per heavy atom. The number of aliphatic hydroxyl groups is 1. The van der Waals surface area contributed by atoms with Crippen LogP contribution < -0.4 is 0 Å². The first-order valence-electron chi connectivity index (χ1n) is 13.0. The van der Waals surface area contributed by atoms with Crippen molar-refractivity contribution in [2.75, 3.05) is 32.8 Å². The predicted molar refractivity (Wildman–Crippen MR) is 137 cm³/mol. The van der Waals surface area contributed by atoms with E-state index in [4.69, 9.17) is 0 Å². The number of hydrogen-bond donors (Lipinski definition) is 2. The first-order chi connectivity index (χ1) is 17.9. The van der Waals surface area contributed by atoms with E-state index < -0.39 is 11.6 Å². The molecule has 1 unspecified atom stereocenters. The summed E-state index contributed by atoms with van der Waals surface area (Å²) in [6, 6.07) is 8.06. The Morgan fingerprint density at radius 2 is 1.68 bits per heavy atom. The molecule has 37 heavy (non-hydrogen) atoms. The van der Waals surface area contributed by atoms with Crippen molar-refractivity contribution in [2.24, 2.45) is 5.92 Å². The van der Waals surface area contributed by atoms with Gasteiger partial charge >= 0.3 is 0 Å². The zero-order chi connectivity index (χ0) is 25.9. The lowest BCUT2D eigenvalue weighted by atomic mass is 9.84. The minimum Gasteiger partial charge on any atom is -0.395 e. The number of aliphatic hydroxyl groups excluding tert-OH is 1. The molecule has 0 spiro atoms. The number of fused-ring (bicyclic) bond motifs is 1. The summed E-state index contributed by atoms with van der Waals surface area (Å²) in [6.07, 6.45) is 8.27. The van der Waals surface area contributed by atoms with Crippen LogP contribution >= 0.6 is 0 Å². The monoisotopic (exact) mass is 511 g/mol. The quantitative estimate of drug-likeness (QED) is 0.454. The van der Waals surface area contributed by atoms with Crippen molar-refractivity contribution in [1.82, 2.24) is 14.8 Å². The molecule has 1 amide bonds. The van der Waals surface area contributed by atoms with Crippen molar-refractivity contribution in [2.45, 2.75) is 37.6 Å². The molecule has 5 rings (SSSR count). The number of nitrogens with one attached hydrogen (secondary N) is 1. The van der Waals surface area contributed by atoms with E-state index in [9.17, 15) is 23.1 Å². The largest absolute Gasteiger partial charge is 0.395 e. The van der Waals surface area contributed by atoms with E-state index >= 15 is 0 Å². The highest BCUT2D eigenvalue weighted by Crippen LogP contribution is 2.35. The number of H-pyrrole nitrogens is 1. The zero-order valence-electron chi connectivity index (χ0n) is 20.7. The van der Waals surface area contributed by atoms with Crippen molar-refractivity contribution in [1.29, 1.82) is 0 Å². The predicted octanol–water partition coefficient (Wildman–Crippen LogP) is 5.08. The van der Waals surface area contributed by atoms with Crippen molar-refractivity contribution in [3.63, 3.8) is 0 Å². The lowest BCUT2D eigenvalue weighted by Gasteiger charge is -2.43. The third-order valence-corrected chi connectivity index (χ3v) is 8.00.